The fraction of sp³-hybridized carbons (Fsp3) is 0.889. The van der Waals surface area contributed by atoms with Crippen LogP contribution >= 0.6 is 0 Å². The van der Waals surface area contributed by atoms with E-state index in [1.54, 1.807) is 13.8 Å². The van der Waals surface area contributed by atoms with Crippen molar-refractivity contribution in [2.24, 2.45) is 11.1 Å². The third-order valence-electron chi connectivity index (χ3n) is 1.53. The molecule has 0 saturated carbocycles. The molecule has 0 radical (unpaired) electrons. The first-order valence-electron chi connectivity index (χ1n) is 4.09. The number of nitrogens with two attached hydrogens (primary N) is 1. The minimum atomic E-state index is -0.576. The van der Waals surface area contributed by atoms with Gasteiger partial charge in [0.2, 0.25) is 5.91 Å². The molecule has 0 heterocycles. The van der Waals surface area contributed by atoms with E-state index < -0.39 is 5.41 Å². The van der Waals surface area contributed by atoms with Gasteiger partial charge in [-0.15, -0.1) is 0 Å². The van der Waals surface area contributed by atoms with Crippen LogP contribution in [-0.2, 0) is 9.53 Å². The van der Waals surface area contributed by atoms with Gasteiger partial charge in [-0.25, -0.2) is 0 Å². The van der Waals surface area contributed by atoms with Crippen LogP contribution in [0.25, 0.3) is 0 Å². The highest BCUT2D eigenvalue weighted by atomic mass is 16.5. The van der Waals surface area contributed by atoms with E-state index in [4.69, 9.17) is 10.5 Å². The molecule has 0 fully saturated rings. The molecule has 0 saturated heterocycles. The molecule has 0 unspecified atom stereocenters. The van der Waals surface area contributed by atoms with E-state index in [9.17, 15) is 4.79 Å². The van der Waals surface area contributed by atoms with Crippen molar-refractivity contribution in [3.63, 3.8) is 0 Å². The number of amides is 1. The summed E-state index contributed by atoms with van der Waals surface area (Å²) >= 11 is 0. The van der Waals surface area contributed by atoms with Crippen molar-refractivity contribution in [1.82, 2.24) is 0 Å². The predicted molar refractivity (Wildman–Crippen MR) is 48.7 cm³/mol. The van der Waals surface area contributed by atoms with Gasteiger partial charge in [-0.1, -0.05) is 0 Å². The van der Waals surface area contributed by atoms with E-state index >= 15 is 0 Å². The second-order valence-electron chi connectivity index (χ2n) is 4.65. The Hall–Kier alpha value is -0.570. The monoisotopic (exact) mass is 173 g/mol. The Morgan fingerprint density at radius 1 is 1.25 bits per heavy atom. The van der Waals surface area contributed by atoms with Gasteiger partial charge < -0.3 is 10.5 Å². The van der Waals surface area contributed by atoms with Crippen LogP contribution in [0.2, 0.25) is 0 Å². The smallest absolute Gasteiger partial charge is 0.225 e. The summed E-state index contributed by atoms with van der Waals surface area (Å²) in [5.74, 6) is -0.327. The standard InChI is InChI=1S/C9H19NO2/c1-8(2,3)12-6-9(4,5)7(10)11/h6H2,1-5H3,(H2,10,11). The molecule has 3 heteroatoms. The molecule has 0 rings (SSSR count). The summed E-state index contributed by atoms with van der Waals surface area (Å²) in [7, 11) is 0. The van der Waals surface area contributed by atoms with Crippen molar-refractivity contribution >= 4 is 5.91 Å². The van der Waals surface area contributed by atoms with Crippen molar-refractivity contribution in [2.45, 2.75) is 40.2 Å². The Morgan fingerprint density at radius 2 is 1.67 bits per heavy atom. The van der Waals surface area contributed by atoms with Gasteiger partial charge in [-0.3, -0.25) is 4.79 Å². The van der Waals surface area contributed by atoms with Gasteiger partial charge in [-0.05, 0) is 34.6 Å². The van der Waals surface area contributed by atoms with Crippen molar-refractivity contribution in [3.05, 3.63) is 0 Å². The van der Waals surface area contributed by atoms with Gasteiger partial charge in [0.25, 0.3) is 0 Å². The normalized spacial score (nSPS) is 13.1. The Bertz CT molecular complexity index is 168. The zero-order valence-corrected chi connectivity index (χ0v) is 8.60. The lowest BCUT2D eigenvalue weighted by atomic mass is 9.94. The van der Waals surface area contributed by atoms with Gasteiger partial charge in [0, 0.05) is 0 Å². The predicted octanol–water partition coefficient (Wildman–Crippen LogP) is 1.31. The SMILES string of the molecule is CC(C)(C)OCC(C)(C)C(N)=O. The van der Waals surface area contributed by atoms with Crippen molar-refractivity contribution in [1.29, 1.82) is 0 Å². The van der Waals surface area contributed by atoms with Gasteiger partial charge >= 0.3 is 0 Å². The van der Waals surface area contributed by atoms with Crippen LogP contribution in [0.3, 0.4) is 0 Å². The topological polar surface area (TPSA) is 52.3 Å². The first kappa shape index (κ1) is 11.4. The van der Waals surface area contributed by atoms with Gasteiger partial charge in [-0.2, -0.15) is 0 Å². The summed E-state index contributed by atoms with van der Waals surface area (Å²) in [4.78, 5) is 10.9. The maximum absolute atomic E-state index is 10.9. The fourth-order valence-corrected chi connectivity index (χ4v) is 0.468. The lowest BCUT2D eigenvalue weighted by molar-refractivity contribution is -0.132. The number of rotatable bonds is 3. The van der Waals surface area contributed by atoms with E-state index in [2.05, 4.69) is 0 Å². The summed E-state index contributed by atoms with van der Waals surface area (Å²) in [6, 6.07) is 0. The van der Waals surface area contributed by atoms with Gasteiger partial charge in [0.05, 0.1) is 17.6 Å². The Labute approximate surface area is 74.3 Å². The molecule has 0 aromatic heterocycles. The van der Waals surface area contributed by atoms with Crippen LogP contribution in [0.4, 0.5) is 0 Å². The molecule has 2 N–H and O–H groups in total. The number of carbonyl (C=O) groups excluding carboxylic acids is 1. The lowest BCUT2D eigenvalue weighted by Crippen LogP contribution is -2.38. The molecule has 72 valence electrons. The van der Waals surface area contributed by atoms with Crippen LogP contribution in [0, 0.1) is 5.41 Å². The maximum Gasteiger partial charge on any atom is 0.225 e. The molecule has 0 atom stereocenters. The largest absolute Gasteiger partial charge is 0.375 e. The highest BCUT2D eigenvalue weighted by Crippen LogP contribution is 2.18. The average Bonchev–Trinajstić information content (AvgIpc) is 1.82. The molecule has 0 aliphatic rings. The van der Waals surface area contributed by atoms with E-state index in [0.717, 1.165) is 0 Å². The van der Waals surface area contributed by atoms with Crippen LogP contribution in [0.1, 0.15) is 34.6 Å². The zero-order valence-electron chi connectivity index (χ0n) is 8.60. The van der Waals surface area contributed by atoms with Crippen molar-refractivity contribution < 1.29 is 9.53 Å². The van der Waals surface area contributed by atoms with Gasteiger partial charge in [0.1, 0.15) is 0 Å². The van der Waals surface area contributed by atoms with E-state index in [-0.39, 0.29) is 11.5 Å². The number of primary amides is 1. The van der Waals surface area contributed by atoms with Crippen molar-refractivity contribution in [3.8, 4) is 0 Å². The Balaban J connectivity index is 4.01. The second-order valence-corrected chi connectivity index (χ2v) is 4.65. The van der Waals surface area contributed by atoms with E-state index in [1.807, 2.05) is 20.8 Å². The third-order valence-corrected chi connectivity index (χ3v) is 1.53. The summed E-state index contributed by atoms with van der Waals surface area (Å²) in [5.41, 5.74) is 4.39. The molecule has 12 heavy (non-hydrogen) atoms. The molecule has 0 spiro atoms. The fourth-order valence-electron chi connectivity index (χ4n) is 0.468. The van der Waals surface area contributed by atoms with E-state index in [0.29, 0.717) is 6.61 Å². The quantitative estimate of drug-likeness (QED) is 0.699. The molecule has 0 bridgehead atoms. The summed E-state index contributed by atoms with van der Waals surface area (Å²) in [6.45, 7) is 9.77. The molecular weight excluding hydrogens is 154 g/mol. The van der Waals surface area contributed by atoms with Gasteiger partial charge in [0.15, 0.2) is 0 Å². The number of hydrogen-bond acceptors (Lipinski definition) is 2. The highest BCUT2D eigenvalue weighted by Gasteiger charge is 2.27. The number of ether oxygens (including phenoxy) is 1. The Morgan fingerprint density at radius 3 is 1.92 bits per heavy atom. The molecule has 3 nitrogen and oxygen atoms in total. The molecule has 1 amide bonds. The third kappa shape index (κ3) is 4.34. The summed E-state index contributed by atoms with van der Waals surface area (Å²) in [5, 5.41) is 0. The molecule has 0 aliphatic carbocycles. The zero-order chi connectivity index (χ0) is 9.99. The number of carbonyl (C=O) groups is 1. The highest BCUT2D eigenvalue weighted by molar-refractivity contribution is 5.80. The lowest BCUT2D eigenvalue weighted by Gasteiger charge is -2.26. The average molecular weight is 173 g/mol. The van der Waals surface area contributed by atoms with Crippen LogP contribution < -0.4 is 5.73 Å². The molecule has 0 aromatic carbocycles. The second kappa shape index (κ2) is 3.44. The first-order valence-corrected chi connectivity index (χ1v) is 4.09. The number of hydrogen-bond donors (Lipinski definition) is 1. The summed E-state index contributed by atoms with van der Waals surface area (Å²) in [6.07, 6.45) is 0. The maximum atomic E-state index is 10.9. The van der Waals surface area contributed by atoms with Crippen LogP contribution in [-0.4, -0.2) is 18.1 Å². The van der Waals surface area contributed by atoms with Crippen LogP contribution in [0.5, 0.6) is 0 Å². The van der Waals surface area contributed by atoms with E-state index in [1.165, 1.54) is 0 Å². The summed E-state index contributed by atoms with van der Waals surface area (Å²) < 4.78 is 5.45. The van der Waals surface area contributed by atoms with Crippen LogP contribution in [0.15, 0.2) is 0 Å². The minimum Gasteiger partial charge on any atom is -0.375 e. The Kier molecular flexibility index (Phi) is 3.27. The molecule has 0 aliphatic heterocycles. The molecule has 0 aromatic rings. The minimum absolute atomic E-state index is 0.216. The van der Waals surface area contributed by atoms with Crippen molar-refractivity contribution in [2.75, 3.05) is 6.61 Å². The molecular formula is C9H19NO2. The first-order chi connectivity index (χ1) is 5.15.